The molecule has 2 aromatic rings. The lowest BCUT2D eigenvalue weighted by atomic mass is 10.2. The molecule has 0 fully saturated rings. The SMILES string of the molecule is N#Cc1cccc(NC(=O)CCn2cnc(C#N)n2)c1. The molecule has 1 heterocycles. The molecule has 1 N–H and O–H groups in total. The molecule has 0 aliphatic heterocycles. The zero-order chi connectivity index (χ0) is 14.4. The molecule has 1 aromatic carbocycles. The van der Waals surface area contributed by atoms with Crippen LogP contribution >= 0.6 is 0 Å². The summed E-state index contributed by atoms with van der Waals surface area (Å²) in [5, 5.41) is 23.9. The second-order valence-electron chi connectivity index (χ2n) is 3.93. The third-order valence-corrected chi connectivity index (χ3v) is 2.48. The monoisotopic (exact) mass is 266 g/mol. The van der Waals surface area contributed by atoms with Crippen LogP contribution in [0.25, 0.3) is 0 Å². The minimum Gasteiger partial charge on any atom is -0.326 e. The maximum absolute atomic E-state index is 11.7. The summed E-state index contributed by atoms with van der Waals surface area (Å²) >= 11 is 0. The molecule has 1 aromatic heterocycles. The molecule has 0 atom stereocenters. The average molecular weight is 266 g/mol. The second-order valence-corrected chi connectivity index (χ2v) is 3.93. The van der Waals surface area contributed by atoms with Gasteiger partial charge in [0, 0.05) is 12.1 Å². The van der Waals surface area contributed by atoms with Crippen molar-refractivity contribution in [3.63, 3.8) is 0 Å². The summed E-state index contributed by atoms with van der Waals surface area (Å²) in [6.45, 7) is 0.332. The van der Waals surface area contributed by atoms with Gasteiger partial charge in [0.25, 0.3) is 5.82 Å². The van der Waals surface area contributed by atoms with E-state index < -0.39 is 0 Å². The summed E-state index contributed by atoms with van der Waals surface area (Å²) in [6, 6.07) is 10.5. The molecular weight excluding hydrogens is 256 g/mol. The van der Waals surface area contributed by atoms with E-state index in [9.17, 15) is 4.79 Å². The Balaban J connectivity index is 1.89. The number of benzene rings is 1. The van der Waals surface area contributed by atoms with Crippen molar-refractivity contribution in [3.05, 3.63) is 42.0 Å². The van der Waals surface area contributed by atoms with Crippen LogP contribution in [-0.4, -0.2) is 20.7 Å². The number of aromatic nitrogens is 3. The normalized spacial score (nSPS) is 9.50. The Morgan fingerprint density at radius 2 is 2.20 bits per heavy atom. The summed E-state index contributed by atoms with van der Waals surface area (Å²) in [5.74, 6) is -0.124. The second kappa shape index (κ2) is 6.12. The van der Waals surface area contributed by atoms with E-state index in [0.717, 1.165) is 0 Å². The van der Waals surface area contributed by atoms with Crippen molar-refractivity contribution >= 4 is 11.6 Å². The maximum Gasteiger partial charge on any atom is 0.252 e. The predicted octanol–water partition coefficient (Wildman–Crippen LogP) is 1.05. The Labute approximate surface area is 115 Å². The number of nitrogens with zero attached hydrogens (tertiary/aromatic N) is 5. The van der Waals surface area contributed by atoms with Gasteiger partial charge in [0.2, 0.25) is 5.91 Å². The van der Waals surface area contributed by atoms with Crippen LogP contribution in [0, 0.1) is 22.7 Å². The standard InChI is InChI=1S/C13H10N6O/c14-7-10-2-1-3-11(6-10)17-13(20)4-5-19-9-16-12(8-15)18-19/h1-3,6,9H,4-5H2,(H,17,20). The number of aryl methyl sites for hydroxylation is 1. The number of hydrogen-bond donors (Lipinski definition) is 1. The highest BCUT2D eigenvalue weighted by atomic mass is 16.1. The number of nitrogens with one attached hydrogen (secondary N) is 1. The molecule has 7 nitrogen and oxygen atoms in total. The maximum atomic E-state index is 11.7. The van der Waals surface area contributed by atoms with Gasteiger partial charge in [0.1, 0.15) is 12.4 Å². The first-order chi connectivity index (χ1) is 9.71. The molecule has 0 aliphatic carbocycles. The third kappa shape index (κ3) is 3.40. The van der Waals surface area contributed by atoms with Crippen LogP contribution in [0.15, 0.2) is 30.6 Å². The number of anilines is 1. The fourth-order valence-corrected chi connectivity index (χ4v) is 1.56. The Bertz CT molecular complexity index is 706. The Morgan fingerprint density at radius 3 is 2.90 bits per heavy atom. The van der Waals surface area contributed by atoms with E-state index >= 15 is 0 Å². The van der Waals surface area contributed by atoms with E-state index in [1.807, 2.05) is 12.1 Å². The fourth-order valence-electron chi connectivity index (χ4n) is 1.56. The molecule has 2 rings (SSSR count). The Hall–Kier alpha value is -3.19. The minimum atomic E-state index is -0.200. The van der Waals surface area contributed by atoms with Crippen molar-refractivity contribution < 1.29 is 4.79 Å². The third-order valence-electron chi connectivity index (χ3n) is 2.48. The van der Waals surface area contributed by atoms with Gasteiger partial charge in [0.05, 0.1) is 18.2 Å². The number of hydrogen-bond acceptors (Lipinski definition) is 5. The minimum absolute atomic E-state index is 0.0760. The van der Waals surface area contributed by atoms with Gasteiger partial charge in [-0.3, -0.25) is 9.48 Å². The van der Waals surface area contributed by atoms with E-state index in [1.54, 1.807) is 24.3 Å². The number of nitriles is 2. The number of carbonyl (C=O) groups excluding carboxylic acids is 1. The number of amides is 1. The van der Waals surface area contributed by atoms with E-state index in [0.29, 0.717) is 17.8 Å². The molecule has 0 aliphatic rings. The Morgan fingerprint density at radius 1 is 1.35 bits per heavy atom. The summed E-state index contributed by atoms with van der Waals surface area (Å²) in [6.07, 6.45) is 1.60. The van der Waals surface area contributed by atoms with Crippen LogP contribution in [0.1, 0.15) is 17.8 Å². The highest BCUT2D eigenvalue weighted by Crippen LogP contribution is 2.10. The van der Waals surface area contributed by atoms with E-state index in [1.165, 1.54) is 11.0 Å². The van der Waals surface area contributed by atoms with E-state index in [4.69, 9.17) is 10.5 Å². The topological polar surface area (TPSA) is 107 Å². The van der Waals surface area contributed by atoms with Crippen molar-refractivity contribution in [2.45, 2.75) is 13.0 Å². The van der Waals surface area contributed by atoms with Crippen LogP contribution in [0.2, 0.25) is 0 Å². The predicted molar refractivity (Wildman–Crippen MR) is 69.1 cm³/mol. The first kappa shape index (κ1) is 13.2. The molecule has 0 saturated carbocycles. The molecule has 20 heavy (non-hydrogen) atoms. The van der Waals surface area contributed by atoms with Gasteiger partial charge in [-0.15, -0.1) is 5.10 Å². The van der Waals surface area contributed by atoms with Crippen molar-refractivity contribution in [1.82, 2.24) is 14.8 Å². The summed E-state index contributed by atoms with van der Waals surface area (Å²) in [7, 11) is 0. The Kier molecular flexibility index (Phi) is 4.05. The molecule has 0 bridgehead atoms. The zero-order valence-corrected chi connectivity index (χ0v) is 10.4. The summed E-state index contributed by atoms with van der Waals surface area (Å²) in [5.41, 5.74) is 1.06. The lowest BCUT2D eigenvalue weighted by molar-refractivity contribution is -0.116. The molecule has 98 valence electrons. The largest absolute Gasteiger partial charge is 0.326 e. The molecule has 0 spiro atoms. The van der Waals surface area contributed by atoms with Crippen molar-refractivity contribution in [2.75, 3.05) is 5.32 Å². The molecule has 0 saturated heterocycles. The molecule has 1 amide bonds. The van der Waals surface area contributed by atoms with Crippen LogP contribution < -0.4 is 5.32 Å². The van der Waals surface area contributed by atoms with Crippen LogP contribution in [-0.2, 0) is 11.3 Å². The lowest BCUT2D eigenvalue weighted by Crippen LogP contribution is -2.14. The summed E-state index contributed by atoms with van der Waals surface area (Å²) < 4.78 is 1.43. The van der Waals surface area contributed by atoms with Gasteiger partial charge in [0.15, 0.2) is 0 Å². The fraction of sp³-hybridized carbons (Fsp3) is 0.154. The number of rotatable bonds is 4. The zero-order valence-electron chi connectivity index (χ0n) is 10.4. The van der Waals surface area contributed by atoms with Gasteiger partial charge in [-0.2, -0.15) is 10.5 Å². The lowest BCUT2D eigenvalue weighted by Gasteiger charge is -2.05. The smallest absolute Gasteiger partial charge is 0.252 e. The van der Waals surface area contributed by atoms with Crippen molar-refractivity contribution in [2.24, 2.45) is 0 Å². The highest BCUT2D eigenvalue weighted by Gasteiger charge is 2.05. The highest BCUT2D eigenvalue weighted by molar-refractivity contribution is 5.90. The van der Waals surface area contributed by atoms with Gasteiger partial charge < -0.3 is 5.32 Å². The van der Waals surface area contributed by atoms with Gasteiger partial charge in [-0.05, 0) is 18.2 Å². The van der Waals surface area contributed by atoms with Crippen molar-refractivity contribution in [3.8, 4) is 12.1 Å². The molecule has 7 heteroatoms. The molecule has 0 unspecified atom stereocenters. The quantitative estimate of drug-likeness (QED) is 0.889. The average Bonchev–Trinajstić information content (AvgIpc) is 2.93. The summed E-state index contributed by atoms with van der Waals surface area (Å²) in [4.78, 5) is 15.5. The van der Waals surface area contributed by atoms with E-state index in [-0.39, 0.29) is 18.2 Å². The van der Waals surface area contributed by atoms with Gasteiger partial charge in [-0.1, -0.05) is 6.07 Å². The van der Waals surface area contributed by atoms with E-state index in [2.05, 4.69) is 15.4 Å². The first-order valence-electron chi connectivity index (χ1n) is 5.81. The van der Waals surface area contributed by atoms with Gasteiger partial charge in [-0.25, -0.2) is 4.98 Å². The van der Waals surface area contributed by atoms with Crippen molar-refractivity contribution in [1.29, 1.82) is 10.5 Å². The van der Waals surface area contributed by atoms with Crippen LogP contribution in [0.3, 0.4) is 0 Å². The van der Waals surface area contributed by atoms with Crippen LogP contribution in [0.5, 0.6) is 0 Å². The first-order valence-corrected chi connectivity index (χ1v) is 5.81. The number of carbonyl (C=O) groups is 1. The molecular formula is C13H10N6O. The van der Waals surface area contributed by atoms with Crippen LogP contribution in [0.4, 0.5) is 5.69 Å². The molecule has 0 radical (unpaired) electrons. The van der Waals surface area contributed by atoms with Gasteiger partial charge >= 0.3 is 0 Å².